The van der Waals surface area contributed by atoms with Crippen molar-refractivity contribution in [2.45, 2.75) is 24.1 Å². The number of sulfonamides is 1. The first kappa shape index (κ1) is 16.2. The van der Waals surface area contributed by atoms with Crippen molar-refractivity contribution in [3.8, 4) is 0 Å². The molecule has 1 atom stereocenters. The maximum absolute atomic E-state index is 12.0. The van der Waals surface area contributed by atoms with Gasteiger partial charge in [0.05, 0.1) is 4.92 Å². The van der Waals surface area contributed by atoms with Crippen LogP contribution >= 0.6 is 23.1 Å². The molecule has 0 fully saturated rings. The minimum atomic E-state index is -3.75. The number of nitrogens with one attached hydrogen (secondary N) is 1. The second kappa shape index (κ2) is 6.55. The average molecular weight is 325 g/mol. The zero-order valence-corrected chi connectivity index (χ0v) is 12.9. The Bertz CT molecular complexity index is 555. The van der Waals surface area contributed by atoms with Gasteiger partial charge in [0.15, 0.2) is 5.00 Å². The van der Waals surface area contributed by atoms with E-state index in [-0.39, 0.29) is 20.9 Å². The summed E-state index contributed by atoms with van der Waals surface area (Å²) < 4.78 is 26.3. The van der Waals surface area contributed by atoms with Crippen molar-refractivity contribution in [3.63, 3.8) is 0 Å². The molecule has 0 spiro atoms. The van der Waals surface area contributed by atoms with Crippen molar-refractivity contribution in [2.75, 3.05) is 17.2 Å². The number of nitro groups is 1. The molecule has 1 unspecified atom stereocenters. The normalized spacial score (nSPS) is 13.4. The molecule has 0 aliphatic carbocycles. The van der Waals surface area contributed by atoms with E-state index in [1.807, 2.05) is 6.92 Å². The Balaban J connectivity index is 2.89. The van der Waals surface area contributed by atoms with Gasteiger partial charge in [0.1, 0.15) is 4.21 Å². The van der Waals surface area contributed by atoms with Crippen LogP contribution in [0.25, 0.3) is 0 Å². The summed E-state index contributed by atoms with van der Waals surface area (Å²) in [4.78, 5) is 9.95. The number of anilines is 1. The molecular weight excluding hydrogens is 310 g/mol. The minimum Gasteiger partial charge on any atom is -0.385 e. The monoisotopic (exact) mass is 325 g/mol. The number of rotatable bonds is 7. The molecule has 108 valence electrons. The van der Waals surface area contributed by atoms with Crippen molar-refractivity contribution in [1.29, 1.82) is 0 Å². The van der Waals surface area contributed by atoms with Crippen molar-refractivity contribution < 1.29 is 13.3 Å². The lowest BCUT2D eigenvalue weighted by atomic mass is 10.4. The topological polar surface area (TPSA) is 115 Å². The first-order valence-corrected chi connectivity index (χ1v) is 8.87. The molecule has 0 aromatic carbocycles. The van der Waals surface area contributed by atoms with E-state index in [9.17, 15) is 18.5 Å². The summed E-state index contributed by atoms with van der Waals surface area (Å²) in [6, 6.07) is 0.736. The van der Waals surface area contributed by atoms with E-state index >= 15 is 0 Å². The van der Waals surface area contributed by atoms with Gasteiger partial charge in [0.25, 0.3) is 10.0 Å². The molecule has 3 N–H and O–H groups in total. The molecular formula is C9H15N3O4S3. The van der Waals surface area contributed by atoms with Crippen LogP contribution in [-0.2, 0) is 10.0 Å². The van der Waals surface area contributed by atoms with Gasteiger partial charge in [-0.2, -0.15) is 11.8 Å². The summed E-state index contributed by atoms with van der Waals surface area (Å²) >= 11 is 2.30. The van der Waals surface area contributed by atoms with Gasteiger partial charge in [-0.15, -0.1) is 0 Å². The molecule has 19 heavy (non-hydrogen) atoms. The summed E-state index contributed by atoms with van der Waals surface area (Å²) in [6.45, 7) is 3.72. The largest absolute Gasteiger partial charge is 0.385 e. The highest BCUT2D eigenvalue weighted by atomic mass is 32.2. The van der Waals surface area contributed by atoms with Gasteiger partial charge in [-0.1, -0.05) is 18.3 Å². The Labute approximate surface area is 119 Å². The van der Waals surface area contributed by atoms with Gasteiger partial charge in [-0.05, 0) is 12.7 Å². The lowest BCUT2D eigenvalue weighted by molar-refractivity contribution is -0.383. The van der Waals surface area contributed by atoms with E-state index in [4.69, 9.17) is 5.73 Å². The summed E-state index contributed by atoms with van der Waals surface area (Å²) in [7, 11) is -3.75. The van der Waals surface area contributed by atoms with Crippen LogP contribution in [0.15, 0.2) is 10.3 Å². The maximum Gasteiger partial charge on any atom is 0.304 e. The van der Waals surface area contributed by atoms with Crippen LogP contribution < -0.4 is 10.5 Å². The Morgan fingerprint density at radius 3 is 2.74 bits per heavy atom. The van der Waals surface area contributed by atoms with Crippen LogP contribution in [-0.4, -0.2) is 30.9 Å². The van der Waals surface area contributed by atoms with Crippen LogP contribution in [0.5, 0.6) is 0 Å². The van der Waals surface area contributed by atoms with E-state index < -0.39 is 14.9 Å². The number of hydrogen-bond acceptors (Lipinski definition) is 7. The molecule has 0 saturated heterocycles. The Morgan fingerprint density at radius 1 is 1.63 bits per heavy atom. The van der Waals surface area contributed by atoms with Crippen LogP contribution in [0.2, 0.25) is 0 Å². The number of nitrogens with zero attached hydrogens (tertiary/aromatic N) is 1. The van der Waals surface area contributed by atoms with Gasteiger partial charge in [-0.25, -0.2) is 13.1 Å². The molecule has 7 nitrogen and oxygen atoms in total. The quantitative estimate of drug-likeness (QED) is 0.582. The third-order valence-electron chi connectivity index (χ3n) is 2.11. The number of nitrogens with two attached hydrogens (primary N) is 1. The Morgan fingerprint density at radius 2 is 2.26 bits per heavy atom. The fourth-order valence-electron chi connectivity index (χ4n) is 1.30. The third-order valence-corrected chi connectivity index (χ3v) is 6.27. The predicted molar refractivity (Wildman–Crippen MR) is 78.2 cm³/mol. The highest BCUT2D eigenvalue weighted by molar-refractivity contribution is 7.99. The highest BCUT2D eigenvalue weighted by Crippen LogP contribution is 2.34. The molecule has 0 saturated carbocycles. The van der Waals surface area contributed by atoms with Crippen molar-refractivity contribution in [1.82, 2.24) is 4.72 Å². The zero-order valence-electron chi connectivity index (χ0n) is 10.5. The number of hydrogen-bond donors (Lipinski definition) is 2. The van der Waals surface area contributed by atoms with E-state index in [0.717, 1.165) is 11.8 Å². The lowest BCUT2D eigenvalue weighted by Crippen LogP contribution is -2.33. The third kappa shape index (κ3) is 4.34. The molecule has 1 rings (SSSR count). The summed E-state index contributed by atoms with van der Waals surface area (Å²) in [6.07, 6.45) is 0. The first-order valence-electron chi connectivity index (χ1n) is 5.41. The number of thioether (sulfide) groups is 1. The maximum atomic E-state index is 12.0. The second-order valence-corrected chi connectivity index (χ2v) is 8.10. The molecule has 1 aromatic heterocycles. The summed E-state index contributed by atoms with van der Waals surface area (Å²) in [5.41, 5.74) is 5.06. The first-order chi connectivity index (χ1) is 8.77. The molecule has 0 aliphatic heterocycles. The van der Waals surface area contributed by atoms with Crippen LogP contribution in [0.1, 0.15) is 13.8 Å². The smallest absolute Gasteiger partial charge is 0.304 e. The van der Waals surface area contributed by atoms with Crippen molar-refractivity contribution >= 4 is 43.8 Å². The Hall–Kier alpha value is -0.840. The fourth-order valence-corrected chi connectivity index (χ4v) is 4.55. The molecule has 0 radical (unpaired) electrons. The standard InChI is InChI=1S/C9H15N3O4S3/c1-3-17-5-6(2)11-19(15,16)8-4-7(12(13)14)9(10)18-8/h4,6,11H,3,5,10H2,1-2H3. The SMILES string of the molecule is CCSCC(C)NS(=O)(=O)c1cc([N+](=O)[O-])c(N)s1. The van der Waals surface area contributed by atoms with E-state index in [1.165, 1.54) is 0 Å². The minimum absolute atomic E-state index is 0.110. The molecule has 10 heteroatoms. The van der Waals surface area contributed by atoms with E-state index in [1.54, 1.807) is 18.7 Å². The molecule has 0 aliphatic rings. The molecule has 0 amide bonds. The van der Waals surface area contributed by atoms with Gasteiger partial charge in [-0.3, -0.25) is 10.1 Å². The van der Waals surface area contributed by atoms with Crippen LogP contribution in [0.3, 0.4) is 0 Å². The van der Waals surface area contributed by atoms with Crippen LogP contribution in [0.4, 0.5) is 10.7 Å². The van der Waals surface area contributed by atoms with Gasteiger partial charge < -0.3 is 5.73 Å². The van der Waals surface area contributed by atoms with Gasteiger partial charge >= 0.3 is 5.69 Å². The van der Waals surface area contributed by atoms with E-state index in [2.05, 4.69) is 4.72 Å². The second-order valence-electron chi connectivity index (χ2n) is 3.75. The zero-order chi connectivity index (χ0) is 14.6. The predicted octanol–water partition coefficient (Wildman–Crippen LogP) is 1.66. The molecule has 1 heterocycles. The molecule has 0 bridgehead atoms. The van der Waals surface area contributed by atoms with Gasteiger partial charge in [0.2, 0.25) is 0 Å². The van der Waals surface area contributed by atoms with Gasteiger partial charge in [0, 0.05) is 17.9 Å². The average Bonchev–Trinajstić information content (AvgIpc) is 2.69. The summed E-state index contributed by atoms with van der Waals surface area (Å²) in [5, 5.41) is 10.5. The number of nitrogen functional groups attached to an aromatic ring is 1. The lowest BCUT2D eigenvalue weighted by Gasteiger charge is -2.12. The highest BCUT2D eigenvalue weighted by Gasteiger charge is 2.25. The molecule has 1 aromatic rings. The Kier molecular flexibility index (Phi) is 5.59. The van der Waals surface area contributed by atoms with E-state index in [0.29, 0.717) is 17.1 Å². The van der Waals surface area contributed by atoms with Crippen molar-refractivity contribution in [2.24, 2.45) is 0 Å². The van der Waals surface area contributed by atoms with Crippen molar-refractivity contribution in [3.05, 3.63) is 16.2 Å². The summed E-state index contributed by atoms with van der Waals surface area (Å²) in [5.74, 6) is 1.53. The fraction of sp³-hybridized carbons (Fsp3) is 0.556. The number of thiophene rings is 1. The van der Waals surface area contributed by atoms with Crippen LogP contribution in [0, 0.1) is 10.1 Å².